The summed E-state index contributed by atoms with van der Waals surface area (Å²) in [4.78, 5) is 15.5. The summed E-state index contributed by atoms with van der Waals surface area (Å²) in [5.41, 5.74) is 2.49. The number of ether oxygens (including phenoxy) is 2. The van der Waals surface area contributed by atoms with Crippen LogP contribution < -0.4 is 14.8 Å². The van der Waals surface area contributed by atoms with Crippen LogP contribution in [-0.4, -0.2) is 25.1 Å². The molecule has 0 radical (unpaired) electrons. The van der Waals surface area contributed by atoms with Gasteiger partial charge in [0.15, 0.2) is 0 Å². The Morgan fingerprint density at radius 3 is 2.15 bits per heavy atom. The summed E-state index contributed by atoms with van der Waals surface area (Å²) in [5.74, 6) is 1.35. The number of methoxy groups -OCH3 is 2. The number of hydrogen-bond acceptors (Lipinski definition) is 3. The molecular weight excluding hydrogens is 364 g/mol. The van der Waals surface area contributed by atoms with E-state index >= 15 is 0 Å². The molecule has 1 heterocycles. The highest BCUT2D eigenvalue weighted by Crippen LogP contribution is 2.23. The lowest BCUT2D eigenvalue weighted by Gasteiger charge is -2.20. The van der Waals surface area contributed by atoms with E-state index in [2.05, 4.69) is 10.3 Å². The normalized spacial score (nSPS) is 11.7. The van der Waals surface area contributed by atoms with E-state index in [1.54, 1.807) is 26.5 Å². The van der Waals surface area contributed by atoms with Crippen LogP contribution in [0.1, 0.15) is 27.7 Å². The Kier molecular flexibility index (Phi) is 6.04. The van der Waals surface area contributed by atoms with Gasteiger partial charge in [0.05, 0.1) is 25.3 Å². The number of aromatic nitrogens is 1. The zero-order chi connectivity index (χ0) is 19.2. The van der Waals surface area contributed by atoms with Gasteiger partial charge in [0.25, 0.3) is 5.91 Å². The van der Waals surface area contributed by atoms with Crippen LogP contribution in [0.3, 0.4) is 0 Å². The Labute approximate surface area is 163 Å². The maximum Gasteiger partial charge on any atom is 0.268 e. The Hall–Kier alpha value is -2.92. The second-order valence-electron chi connectivity index (χ2n) is 6.08. The molecule has 3 aromatic rings. The number of hydrogen-bond donors (Lipinski definition) is 2. The zero-order valence-electron chi connectivity index (χ0n) is 15.2. The first-order chi connectivity index (χ1) is 13.1. The van der Waals surface area contributed by atoms with E-state index in [0.29, 0.717) is 17.1 Å². The molecule has 6 heteroatoms. The number of amides is 1. The number of carbonyl (C=O) groups excluding carboxylic acids is 1. The fourth-order valence-electron chi connectivity index (χ4n) is 2.82. The molecule has 2 N–H and O–H groups in total. The monoisotopic (exact) mass is 384 g/mol. The molecule has 1 aromatic heterocycles. The minimum Gasteiger partial charge on any atom is -0.497 e. The van der Waals surface area contributed by atoms with Crippen LogP contribution in [0.25, 0.3) is 0 Å². The van der Waals surface area contributed by atoms with Gasteiger partial charge in [0.1, 0.15) is 17.2 Å². The average Bonchev–Trinajstić information content (AvgIpc) is 3.14. The van der Waals surface area contributed by atoms with E-state index in [0.717, 1.165) is 22.6 Å². The minimum absolute atomic E-state index is 0.209. The van der Waals surface area contributed by atoms with Crippen molar-refractivity contribution in [2.24, 2.45) is 0 Å². The predicted octanol–water partition coefficient (Wildman–Crippen LogP) is 4.40. The molecule has 0 aliphatic heterocycles. The topological polar surface area (TPSA) is 63.3 Å². The van der Waals surface area contributed by atoms with Crippen LogP contribution in [0.5, 0.6) is 11.5 Å². The number of H-pyrrole nitrogens is 1. The summed E-state index contributed by atoms with van der Waals surface area (Å²) >= 11 is 5.91. The van der Waals surface area contributed by atoms with Gasteiger partial charge < -0.3 is 19.8 Å². The van der Waals surface area contributed by atoms with Gasteiger partial charge in [-0.15, -0.1) is 0 Å². The van der Waals surface area contributed by atoms with E-state index in [9.17, 15) is 4.79 Å². The summed E-state index contributed by atoms with van der Waals surface area (Å²) in [7, 11) is 3.26. The summed E-state index contributed by atoms with van der Waals surface area (Å²) in [6.45, 7) is 0. The van der Waals surface area contributed by atoms with E-state index < -0.39 is 0 Å². The number of nitrogens with one attached hydrogen (secondary N) is 2. The molecule has 1 amide bonds. The van der Waals surface area contributed by atoms with Crippen molar-refractivity contribution in [2.75, 3.05) is 14.2 Å². The van der Waals surface area contributed by atoms with Gasteiger partial charge in [-0.25, -0.2) is 0 Å². The van der Waals surface area contributed by atoms with Crippen LogP contribution in [0.4, 0.5) is 0 Å². The SMILES string of the molecule is COc1ccc(CC(NC(=O)c2cc(Cl)c[nH]2)c2ccc(OC)cc2)cc1. The molecule has 0 saturated heterocycles. The van der Waals surface area contributed by atoms with Crippen LogP contribution >= 0.6 is 11.6 Å². The zero-order valence-corrected chi connectivity index (χ0v) is 15.9. The first-order valence-electron chi connectivity index (χ1n) is 8.50. The molecule has 0 aliphatic carbocycles. The first-order valence-corrected chi connectivity index (χ1v) is 8.88. The van der Waals surface area contributed by atoms with Gasteiger partial charge in [-0.3, -0.25) is 4.79 Å². The van der Waals surface area contributed by atoms with Crippen molar-refractivity contribution in [3.05, 3.63) is 82.6 Å². The number of benzene rings is 2. The van der Waals surface area contributed by atoms with Gasteiger partial charge in [-0.05, 0) is 47.9 Å². The van der Waals surface area contributed by atoms with E-state index in [-0.39, 0.29) is 11.9 Å². The first kappa shape index (κ1) is 18.9. The maximum absolute atomic E-state index is 12.6. The lowest BCUT2D eigenvalue weighted by molar-refractivity contribution is 0.0932. The number of carbonyl (C=O) groups is 1. The maximum atomic E-state index is 12.6. The van der Waals surface area contributed by atoms with Crippen molar-refractivity contribution in [2.45, 2.75) is 12.5 Å². The number of halogens is 1. The van der Waals surface area contributed by atoms with Crippen LogP contribution in [0, 0.1) is 0 Å². The lowest BCUT2D eigenvalue weighted by atomic mass is 9.98. The highest BCUT2D eigenvalue weighted by molar-refractivity contribution is 6.30. The van der Waals surface area contributed by atoms with Gasteiger partial charge in [-0.2, -0.15) is 0 Å². The second kappa shape index (κ2) is 8.64. The molecule has 3 rings (SSSR count). The molecule has 27 heavy (non-hydrogen) atoms. The summed E-state index contributed by atoms with van der Waals surface area (Å²) in [5, 5.41) is 3.57. The quantitative estimate of drug-likeness (QED) is 0.634. The highest BCUT2D eigenvalue weighted by Gasteiger charge is 2.18. The minimum atomic E-state index is -0.212. The van der Waals surface area contributed by atoms with E-state index in [1.165, 1.54) is 0 Å². The third-order valence-corrected chi connectivity index (χ3v) is 4.53. The van der Waals surface area contributed by atoms with Gasteiger partial charge >= 0.3 is 0 Å². The van der Waals surface area contributed by atoms with E-state index in [4.69, 9.17) is 21.1 Å². The van der Waals surface area contributed by atoms with E-state index in [1.807, 2.05) is 48.5 Å². The lowest BCUT2D eigenvalue weighted by Crippen LogP contribution is -2.30. The Balaban J connectivity index is 1.83. The Morgan fingerprint density at radius 1 is 1.04 bits per heavy atom. The second-order valence-corrected chi connectivity index (χ2v) is 6.52. The number of aromatic amines is 1. The summed E-state index contributed by atoms with van der Waals surface area (Å²) < 4.78 is 10.4. The Bertz CT molecular complexity index is 889. The van der Waals surface area contributed by atoms with Crippen molar-refractivity contribution in [3.8, 4) is 11.5 Å². The van der Waals surface area contributed by atoms with Crippen molar-refractivity contribution in [1.82, 2.24) is 10.3 Å². The van der Waals surface area contributed by atoms with Crippen molar-refractivity contribution < 1.29 is 14.3 Å². The van der Waals surface area contributed by atoms with Crippen molar-refractivity contribution in [3.63, 3.8) is 0 Å². The van der Waals surface area contributed by atoms with Crippen molar-refractivity contribution >= 4 is 17.5 Å². The molecular formula is C21H21ClN2O3. The van der Waals surface area contributed by atoms with Gasteiger partial charge in [0.2, 0.25) is 0 Å². The smallest absolute Gasteiger partial charge is 0.268 e. The predicted molar refractivity (Wildman–Crippen MR) is 106 cm³/mol. The molecule has 1 atom stereocenters. The molecule has 0 aliphatic rings. The third kappa shape index (κ3) is 4.83. The summed E-state index contributed by atoms with van der Waals surface area (Å²) in [6.07, 6.45) is 2.22. The fraction of sp³-hybridized carbons (Fsp3) is 0.190. The Morgan fingerprint density at radius 2 is 1.63 bits per heavy atom. The molecule has 0 fully saturated rings. The highest BCUT2D eigenvalue weighted by atomic mass is 35.5. The summed E-state index contributed by atoms with van der Waals surface area (Å²) in [6, 6.07) is 16.9. The molecule has 1 unspecified atom stereocenters. The van der Waals surface area contributed by atoms with Crippen LogP contribution in [-0.2, 0) is 6.42 Å². The van der Waals surface area contributed by atoms with Crippen LogP contribution in [0.15, 0.2) is 60.8 Å². The molecule has 0 saturated carbocycles. The largest absolute Gasteiger partial charge is 0.497 e. The standard InChI is InChI=1S/C21H21ClN2O3/c1-26-17-7-3-14(4-8-17)11-19(15-5-9-18(27-2)10-6-15)24-21(25)20-12-16(22)13-23-20/h3-10,12-13,19,23H,11H2,1-2H3,(H,24,25). The molecule has 5 nitrogen and oxygen atoms in total. The molecule has 2 aromatic carbocycles. The fourth-order valence-corrected chi connectivity index (χ4v) is 2.98. The molecule has 140 valence electrons. The van der Waals surface area contributed by atoms with Gasteiger partial charge in [0, 0.05) is 6.20 Å². The molecule has 0 spiro atoms. The average molecular weight is 385 g/mol. The molecule has 0 bridgehead atoms. The van der Waals surface area contributed by atoms with Crippen LogP contribution in [0.2, 0.25) is 5.02 Å². The number of rotatable bonds is 7. The van der Waals surface area contributed by atoms with Gasteiger partial charge in [-0.1, -0.05) is 35.9 Å². The van der Waals surface area contributed by atoms with Crippen molar-refractivity contribution in [1.29, 1.82) is 0 Å². The third-order valence-electron chi connectivity index (χ3n) is 4.31.